The highest BCUT2D eigenvalue weighted by molar-refractivity contribution is 5.42. The second kappa shape index (κ2) is 4.19. The SMILES string of the molecule is CCN(c1ccc([C@H](C)N)cn1)C1CC1. The highest BCUT2D eigenvalue weighted by Gasteiger charge is 2.28. The first kappa shape index (κ1) is 10.4. The van der Waals surface area contributed by atoms with Crippen LogP contribution in [0.5, 0.6) is 0 Å². The van der Waals surface area contributed by atoms with Crippen LogP contribution in [0.1, 0.15) is 38.3 Å². The molecule has 1 aliphatic carbocycles. The Kier molecular flexibility index (Phi) is 2.91. The van der Waals surface area contributed by atoms with Gasteiger partial charge in [0.25, 0.3) is 0 Å². The fourth-order valence-electron chi connectivity index (χ4n) is 1.83. The van der Waals surface area contributed by atoms with Crippen molar-refractivity contribution in [3.05, 3.63) is 23.9 Å². The van der Waals surface area contributed by atoms with E-state index in [-0.39, 0.29) is 6.04 Å². The second-order valence-electron chi connectivity index (χ2n) is 4.26. The van der Waals surface area contributed by atoms with Crippen LogP contribution >= 0.6 is 0 Å². The molecule has 2 N–H and O–H groups in total. The predicted molar refractivity (Wildman–Crippen MR) is 62.9 cm³/mol. The maximum atomic E-state index is 5.79. The van der Waals surface area contributed by atoms with Gasteiger partial charge in [0.15, 0.2) is 0 Å². The lowest BCUT2D eigenvalue weighted by atomic mass is 10.1. The molecule has 1 aromatic heterocycles. The molecule has 1 aliphatic rings. The van der Waals surface area contributed by atoms with Crippen LogP contribution in [-0.2, 0) is 0 Å². The molecule has 1 fully saturated rings. The molecule has 0 radical (unpaired) electrons. The highest BCUT2D eigenvalue weighted by atomic mass is 15.2. The first-order chi connectivity index (χ1) is 7.22. The third-order valence-electron chi connectivity index (χ3n) is 2.92. The zero-order valence-corrected chi connectivity index (χ0v) is 9.48. The molecule has 0 bridgehead atoms. The molecule has 0 saturated heterocycles. The second-order valence-corrected chi connectivity index (χ2v) is 4.26. The quantitative estimate of drug-likeness (QED) is 0.818. The summed E-state index contributed by atoms with van der Waals surface area (Å²) in [6, 6.07) is 4.96. The molecular formula is C12H19N3. The Morgan fingerprint density at radius 2 is 2.27 bits per heavy atom. The van der Waals surface area contributed by atoms with Crippen molar-refractivity contribution >= 4 is 5.82 Å². The molecule has 1 atom stereocenters. The van der Waals surface area contributed by atoms with Gasteiger partial charge < -0.3 is 10.6 Å². The number of nitrogens with zero attached hydrogens (tertiary/aromatic N) is 2. The standard InChI is InChI=1S/C12H19N3/c1-3-15(11-5-6-11)12-7-4-10(8-14-12)9(2)13/h4,7-9,11H,3,5-6,13H2,1-2H3/t9-/m0/s1. The van der Waals surface area contributed by atoms with Crippen molar-refractivity contribution in [2.24, 2.45) is 5.73 Å². The van der Waals surface area contributed by atoms with Gasteiger partial charge >= 0.3 is 0 Å². The van der Waals surface area contributed by atoms with Gasteiger partial charge in [-0.1, -0.05) is 6.07 Å². The summed E-state index contributed by atoms with van der Waals surface area (Å²) in [5, 5.41) is 0. The van der Waals surface area contributed by atoms with Gasteiger partial charge in [0.05, 0.1) is 0 Å². The first-order valence-corrected chi connectivity index (χ1v) is 5.70. The summed E-state index contributed by atoms with van der Waals surface area (Å²) in [6.45, 7) is 5.20. The number of anilines is 1. The largest absolute Gasteiger partial charge is 0.354 e. The lowest BCUT2D eigenvalue weighted by Crippen LogP contribution is -2.26. The third kappa shape index (κ3) is 2.29. The zero-order valence-electron chi connectivity index (χ0n) is 9.48. The van der Waals surface area contributed by atoms with E-state index in [1.165, 1.54) is 12.8 Å². The Balaban J connectivity index is 2.14. The summed E-state index contributed by atoms with van der Waals surface area (Å²) >= 11 is 0. The number of aromatic nitrogens is 1. The van der Waals surface area contributed by atoms with Crippen LogP contribution in [-0.4, -0.2) is 17.6 Å². The molecule has 3 heteroatoms. The van der Waals surface area contributed by atoms with Gasteiger partial charge in [-0.25, -0.2) is 4.98 Å². The van der Waals surface area contributed by atoms with Crippen LogP contribution in [0.25, 0.3) is 0 Å². The average Bonchev–Trinajstić information content (AvgIpc) is 3.04. The molecule has 1 aromatic rings. The Morgan fingerprint density at radius 3 is 2.67 bits per heavy atom. The van der Waals surface area contributed by atoms with Crippen molar-refractivity contribution in [3.63, 3.8) is 0 Å². The van der Waals surface area contributed by atoms with Gasteiger partial charge in [-0.3, -0.25) is 0 Å². The topological polar surface area (TPSA) is 42.1 Å². The number of hydrogen-bond donors (Lipinski definition) is 1. The van der Waals surface area contributed by atoms with Crippen LogP contribution < -0.4 is 10.6 Å². The molecule has 2 rings (SSSR count). The maximum absolute atomic E-state index is 5.79. The highest BCUT2D eigenvalue weighted by Crippen LogP contribution is 2.30. The summed E-state index contributed by atoms with van der Waals surface area (Å²) in [5.41, 5.74) is 6.89. The van der Waals surface area contributed by atoms with Crippen molar-refractivity contribution < 1.29 is 0 Å². The van der Waals surface area contributed by atoms with E-state index in [9.17, 15) is 0 Å². The third-order valence-corrected chi connectivity index (χ3v) is 2.92. The van der Waals surface area contributed by atoms with Crippen molar-refractivity contribution in [2.75, 3.05) is 11.4 Å². The number of pyridine rings is 1. The van der Waals surface area contributed by atoms with Crippen LogP contribution in [0.3, 0.4) is 0 Å². The van der Waals surface area contributed by atoms with Crippen LogP contribution in [0.2, 0.25) is 0 Å². The van der Waals surface area contributed by atoms with Crippen LogP contribution in [0.15, 0.2) is 18.3 Å². The van der Waals surface area contributed by atoms with Gasteiger partial charge in [-0.05, 0) is 38.3 Å². The van der Waals surface area contributed by atoms with Crippen LogP contribution in [0, 0.1) is 0 Å². The van der Waals surface area contributed by atoms with E-state index >= 15 is 0 Å². The summed E-state index contributed by atoms with van der Waals surface area (Å²) in [5.74, 6) is 1.09. The van der Waals surface area contributed by atoms with E-state index in [4.69, 9.17) is 5.73 Å². The number of rotatable bonds is 4. The van der Waals surface area contributed by atoms with E-state index in [0.717, 1.165) is 24.0 Å². The summed E-state index contributed by atoms with van der Waals surface area (Å²) in [4.78, 5) is 6.84. The first-order valence-electron chi connectivity index (χ1n) is 5.70. The maximum Gasteiger partial charge on any atom is 0.128 e. The van der Waals surface area contributed by atoms with Crippen molar-refractivity contribution in [3.8, 4) is 0 Å². The number of nitrogens with two attached hydrogens (primary N) is 1. The fourth-order valence-corrected chi connectivity index (χ4v) is 1.83. The molecule has 15 heavy (non-hydrogen) atoms. The Labute approximate surface area is 91.3 Å². The van der Waals surface area contributed by atoms with Gasteiger partial charge in [0, 0.05) is 24.8 Å². The molecule has 0 aromatic carbocycles. The van der Waals surface area contributed by atoms with E-state index in [1.807, 2.05) is 13.1 Å². The Hall–Kier alpha value is -1.09. The monoisotopic (exact) mass is 205 g/mol. The zero-order chi connectivity index (χ0) is 10.8. The molecule has 0 spiro atoms. The summed E-state index contributed by atoms with van der Waals surface area (Å²) < 4.78 is 0. The van der Waals surface area contributed by atoms with Crippen LogP contribution in [0.4, 0.5) is 5.82 Å². The molecule has 3 nitrogen and oxygen atoms in total. The lowest BCUT2D eigenvalue weighted by Gasteiger charge is -2.21. The number of hydrogen-bond acceptors (Lipinski definition) is 3. The minimum atomic E-state index is 0.0718. The Morgan fingerprint density at radius 1 is 1.53 bits per heavy atom. The fraction of sp³-hybridized carbons (Fsp3) is 0.583. The summed E-state index contributed by atoms with van der Waals surface area (Å²) in [7, 11) is 0. The van der Waals surface area contributed by atoms with E-state index in [1.54, 1.807) is 0 Å². The van der Waals surface area contributed by atoms with Gasteiger partial charge in [-0.2, -0.15) is 0 Å². The van der Waals surface area contributed by atoms with E-state index in [0.29, 0.717) is 0 Å². The molecule has 1 heterocycles. The lowest BCUT2D eigenvalue weighted by molar-refractivity contribution is 0.789. The molecule has 0 unspecified atom stereocenters. The van der Waals surface area contributed by atoms with E-state index < -0.39 is 0 Å². The van der Waals surface area contributed by atoms with Crippen molar-refractivity contribution in [1.82, 2.24) is 4.98 Å². The summed E-state index contributed by atoms with van der Waals surface area (Å²) in [6.07, 6.45) is 4.51. The Bertz CT molecular complexity index is 314. The minimum absolute atomic E-state index is 0.0718. The van der Waals surface area contributed by atoms with Crippen molar-refractivity contribution in [2.45, 2.75) is 38.8 Å². The van der Waals surface area contributed by atoms with Gasteiger partial charge in [0.1, 0.15) is 5.82 Å². The molecular weight excluding hydrogens is 186 g/mol. The molecule has 0 amide bonds. The van der Waals surface area contributed by atoms with Gasteiger partial charge in [0.2, 0.25) is 0 Å². The predicted octanol–water partition coefficient (Wildman–Crippen LogP) is 2.09. The van der Waals surface area contributed by atoms with Gasteiger partial charge in [-0.15, -0.1) is 0 Å². The van der Waals surface area contributed by atoms with E-state index in [2.05, 4.69) is 28.9 Å². The smallest absolute Gasteiger partial charge is 0.128 e. The molecule has 1 saturated carbocycles. The molecule has 82 valence electrons. The minimum Gasteiger partial charge on any atom is -0.354 e. The average molecular weight is 205 g/mol. The normalized spacial score (nSPS) is 17.5. The molecule has 0 aliphatic heterocycles. The van der Waals surface area contributed by atoms with Crippen molar-refractivity contribution in [1.29, 1.82) is 0 Å².